The van der Waals surface area contributed by atoms with Crippen molar-refractivity contribution in [1.82, 2.24) is 19.8 Å². The van der Waals surface area contributed by atoms with Gasteiger partial charge in [0.25, 0.3) is 5.91 Å². The van der Waals surface area contributed by atoms with Gasteiger partial charge in [-0.05, 0) is 49.9 Å². The summed E-state index contributed by atoms with van der Waals surface area (Å²) in [7, 11) is -3.78. The second-order valence-electron chi connectivity index (χ2n) is 8.69. The Bertz CT molecular complexity index is 1230. The molecule has 9 heteroatoms. The van der Waals surface area contributed by atoms with Crippen LogP contribution in [0.25, 0.3) is 11.4 Å². The maximum absolute atomic E-state index is 12.9. The van der Waals surface area contributed by atoms with Crippen molar-refractivity contribution in [3.8, 4) is 11.4 Å². The molecule has 1 fully saturated rings. The molecule has 0 bridgehead atoms. The molecule has 2 heterocycles. The van der Waals surface area contributed by atoms with Crippen LogP contribution in [0.3, 0.4) is 0 Å². The highest BCUT2D eigenvalue weighted by Gasteiger charge is 2.29. The number of carbonyl (C=O) groups is 1. The van der Waals surface area contributed by atoms with Gasteiger partial charge in [-0.25, -0.2) is 8.42 Å². The molecule has 0 saturated carbocycles. The second-order valence-corrected chi connectivity index (χ2v) is 10.4. The van der Waals surface area contributed by atoms with Crippen molar-refractivity contribution < 1.29 is 17.7 Å². The summed E-state index contributed by atoms with van der Waals surface area (Å²) in [5.74, 6) is 0.332. The van der Waals surface area contributed by atoms with Crippen molar-refractivity contribution in [2.45, 2.75) is 44.6 Å². The van der Waals surface area contributed by atoms with Crippen molar-refractivity contribution in [3.63, 3.8) is 0 Å². The first-order valence-corrected chi connectivity index (χ1v) is 12.6. The Labute approximate surface area is 194 Å². The van der Waals surface area contributed by atoms with Gasteiger partial charge < -0.3 is 9.42 Å². The first kappa shape index (κ1) is 23.1. The third-order valence-electron chi connectivity index (χ3n) is 5.75. The van der Waals surface area contributed by atoms with E-state index < -0.39 is 16.1 Å². The first-order valence-electron chi connectivity index (χ1n) is 11.1. The number of aromatic nitrogens is 2. The van der Waals surface area contributed by atoms with Crippen LogP contribution in [0, 0.1) is 12.8 Å². The molecule has 0 aliphatic carbocycles. The van der Waals surface area contributed by atoms with Gasteiger partial charge in [-0.15, -0.1) is 0 Å². The Morgan fingerprint density at radius 3 is 2.45 bits per heavy atom. The van der Waals surface area contributed by atoms with Crippen molar-refractivity contribution in [1.29, 1.82) is 0 Å². The van der Waals surface area contributed by atoms with Crippen LogP contribution in [-0.2, 0) is 10.0 Å². The zero-order valence-electron chi connectivity index (χ0n) is 19.0. The van der Waals surface area contributed by atoms with E-state index in [-0.39, 0.29) is 22.6 Å². The fourth-order valence-electron chi connectivity index (χ4n) is 3.80. The van der Waals surface area contributed by atoms with E-state index in [1.165, 1.54) is 0 Å². The Kier molecular flexibility index (Phi) is 6.62. The Balaban J connectivity index is 1.57. The van der Waals surface area contributed by atoms with Gasteiger partial charge in [-0.2, -0.15) is 9.71 Å². The lowest BCUT2D eigenvalue weighted by Crippen LogP contribution is -2.32. The summed E-state index contributed by atoms with van der Waals surface area (Å²) >= 11 is 0. The highest BCUT2D eigenvalue weighted by Crippen LogP contribution is 2.26. The van der Waals surface area contributed by atoms with Crippen LogP contribution in [-0.4, -0.2) is 42.5 Å². The van der Waals surface area contributed by atoms with E-state index in [9.17, 15) is 13.2 Å². The summed E-state index contributed by atoms with van der Waals surface area (Å²) < 4.78 is 34.0. The fraction of sp³-hybridized carbons (Fsp3) is 0.375. The van der Waals surface area contributed by atoms with E-state index in [0.717, 1.165) is 31.5 Å². The molecule has 0 radical (unpaired) electrons. The van der Waals surface area contributed by atoms with Crippen LogP contribution in [0.15, 0.2) is 57.9 Å². The van der Waals surface area contributed by atoms with Gasteiger partial charge >= 0.3 is 0 Å². The van der Waals surface area contributed by atoms with Crippen LogP contribution in [0.5, 0.6) is 0 Å². The number of nitrogens with zero attached hydrogens (tertiary/aromatic N) is 3. The quantitative estimate of drug-likeness (QED) is 0.563. The smallest absolute Gasteiger partial charge is 0.253 e. The van der Waals surface area contributed by atoms with Gasteiger partial charge in [0.1, 0.15) is 6.04 Å². The lowest BCUT2D eigenvalue weighted by Gasteiger charge is -2.18. The zero-order chi connectivity index (χ0) is 23.6. The molecule has 174 valence electrons. The minimum atomic E-state index is -3.78. The number of amides is 1. The number of hydrogen-bond donors (Lipinski definition) is 1. The fourth-order valence-corrected chi connectivity index (χ4v) is 5.13. The molecule has 1 atom stereocenters. The Hall–Kier alpha value is -3.04. The molecule has 1 aliphatic heterocycles. The van der Waals surface area contributed by atoms with Crippen LogP contribution in [0.1, 0.15) is 54.5 Å². The molecular formula is C24H28N4O4S. The molecule has 1 saturated heterocycles. The van der Waals surface area contributed by atoms with Crippen molar-refractivity contribution in [3.05, 3.63) is 65.5 Å². The maximum atomic E-state index is 12.9. The number of benzene rings is 2. The number of carbonyl (C=O) groups excluding carboxylic acids is 1. The SMILES string of the molecule is Cc1ccc(S(=O)(=O)N[C@@H](c2nc(-c3cccc(C(=O)N4CCCC4)c3)no2)C(C)C)cc1. The van der Waals surface area contributed by atoms with Gasteiger partial charge in [0.2, 0.25) is 21.7 Å². The summed E-state index contributed by atoms with van der Waals surface area (Å²) in [6.07, 6.45) is 2.05. The van der Waals surface area contributed by atoms with E-state index in [0.29, 0.717) is 17.0 Å². The average molecular weight is 469 g/mol. The first-order chi connectivity index (χ1) is 15.7. The van der Waals surface area contributed by atoms with Crippen molar-refractivity contribution >= 4 is 15.9 Å². The minimum absolute atomic E-state index is 0.0102. The van der Waals surface area contributed by atoms with Crippen molar-refractivity contribution in [2.24, 2.45) is 5.92 Å². The van der Waals surface area contributed by atoms with E-state index in [1.54, 1.807) is 48.5 Å². The molecule has 1 N–H and O–H groups in total. The number of sulfonamides is 1. The number of hydrogen-bond acceptors (Lipinski definition) is 6. The molecule has 0 spiro atoms. The summed E-state index contributed by atoms with van der Waals surface area (Å²) in [6, 6.07) is 13.0. The number of aryl methyl sites for hydroxylation is 1. The van der Waals surface area contributed by atoms with Gasteiger partial charge in [0.15, 0.2) is 0 Å². The number of likely N-dealkylation sites (tertiary alicyclic amines) is 1. The van der Waals surface area contributed by atoms with Crippen LogP contribution < -0.4 is 4.72 Å². The Morgan fingerprint density at radius 2 is 1.79 bits per heavy atom. The van der Waals surface area contributed by atoms with Gasteiger partial charge in [0.05, 0.1) is 4.90 Å². The summed E-state index contributed by atoms with van der Waals surface area (Å²) in [5, 5.41) is 4.06. The molecule has 2 aromatic carbocycles. The molecule has 1 aromatic heterocycles. The average Bonchev–Trinajstić information content (AvgIpc) is 3.50. The highest BCUT2D eigenvalue weighted by molar-refractivity contribution is 7.89. The summed E-state index contributed by atoms with van der Waals surface area (Å²) in [4.78, 5) is 19.2. The molecule has 33 heavy (non-hydrogen) atoms. The minimum Gasteiger partial charge on any atom is -0.339 e. The van der Waals surface area contributed by atoms with E-state index in [1.807, 2.05) is 25.7 Å². The summed E-state index contributed by atoms with van der Waals surface area (Å²) in [6.45, 7) is 7.19. The molecule has 4 rings (SSSR count). The van der Waals surface area contributed by atoms with E-state index in [4.69, 9.17) is 4.52 Å². The van der Waals surface area contributed by atoms with Crippen molar-refractivity contribution in [2.75, 3.05) is 13.1 Å². The topological polar surface area (TPSA) is 105 Å². The van der Waals surface area contributed by atoms with Crippen LogP contribution in [0.2, 0.25) is 0 Å². The van der Waals surface area contributed by atoms with Crippen LogP contribution >= 0.6 is 0 Å². The molecule has 1 amide bonds. The monoisotopic (exact) mass is 468 g/mol. The summed E-state index contributed by atoms with van der Waals surface area (Å²) in [5.41, 5.74) is 2.18. The third-order valence-corrected chi connectivity index (χ3v) is 7.21. The van der Waals surface area contributed by atoms with Gasteiger partial charge in [-0.1, -0.05) is 48.8 Å². The molecule has 0 unspecified atom stereocenters. The maximum Gasteiger partial charge on any atom is 0.253 e. The molecular weight excluding hydrogens is 440 g/mol. The van der Waals surface area contributed by atoms with E-state index >= 15 is 0 Å². The number of nitrogens with one attached hydrogen (secondary N) is 1. The van der Waals surface area contributed by atoms with Crippen LogP contribution in [0.4, 0.5) is 0 Å². The normalized spacial score (nSPS) is 15.2. The van der Waals surface area contributed by atoms with Gasteiger partial charge in [0, 0.05) is 24.2 Å². The van der Waals surface area contributed by atoms with Gasteiger partial charge in [-0.3, -0.25) is 4.79 Å². The molecule has 8 nitrogen and oxygen atoms in total. The lowest BCUT2D eigenvalue weighted by atomic mass is 10.1. The lowest BCUT2D eigenvalue weighted by molar-refractivity contribution is 0.0793. The zero-order valence-corrected chi connectivity index (χ0v) is 19.8. The second kappa shape index (κ2) is 9.44. The molecule has 3 aromatic rings. The predicted molar refractivity (Wildman–Crippen MR) is 124 cm³/mol. The van der Waals surface area contributed by atoms with E-state index in [2.05, 4.69) is 14.9 Å². The third kappa shape index (κ3) is 5.15. The predicted octanol–water partition coefficient (Wildman–Crippen LogP) is 3.96. The number of rotatable bonds is 7. The molecule has 1 aliphatic rings. The largest absolute Gasteiger partial charge is 0.339 e. The Morgan fingerprint density at radius 1 is 1.09 bits per heavy atom. The highest BCUT2D eigenvalue weighted by atomic mass is 32.2. The standard InChI is InChI=1S/C24H28N4O4S/c1-16(2)21(27-33(30,31)20-11-9-17(3)10-12-20)23-25-22(26-32-23)18-7-6-8-19(15-18)24(29)28-13-4-5-14-28/h6-12,15-16,21,27H,4-5,13-14H2,1-3H3/t21-/m1/s1.